The fourth-order valence-electron chi connectivity index (χ4n) is 3.29. The Bertz CT molecular complexity index is 969. The van der Waals surface area contributed by atoms with E-state index in [-0.39, 0.29) is 23.8 Å². The van der Waals surface area contributed by atoms with Gasteiger partial charge in [-0.3, -0.25) is 9.78 Å². The van der Waals surface area contributed by atoms with Crippen LogP contribution in [0.15, 0.2) is 48.7 Å². The molecule has 0 spiro atoms. The third-order valence-corrected chi connectivity index (χ3v) is 5.99. The van der Waals surface area contributed by atoms with Gasteiger partial charge < -0.3 is 4.90 Å². The van der Waals surface area contributed by atoms with E-state index in [0.717, 1.165) is 23.5 Å². The highest BCUT2D eigenvalue weighted by Crippen LogP contribution is 2.38. The summed E-state index contributed by atoms with van der Waals surface area (Å²) in [5.41, 5.74) is 1.99. The number of hydrogen-bond donors (Lipinski definition) is 0. The average molecular weight is 381 g/mol. The lowest BCUT2D eigenvalue weighted by molar-refractivity contribution is 0.0675. The Morgan fingerprint density at radius 3 is 2.63 bits per heavy atom. The number of nitrogens with zero attached hydrogens (tertiary/aromatic N) is 3. The van der Waals surface area contributed by atoms with Crippen molar-refractivity contribution in [1.29, 1.82) is 0 Å². The molecule has 4 rings (SSSR count). The third kappa shape index (κ3) is 3.49. The van der Waals surface area contributed by atoms with Crippen LogP contribution < -0.4 is 0 Å². The van der Waals surface area contributed by atoms with Gasteiger partial charge in [-0.25, -0.2) is 9.37 Å². The van der Waals surface area contributed by atoms with Crippen LogP contribution in [0.25, 0.3) is 10.7 Å². The molecular formula is C21H20FN3OS. The highest BCUT2D eigenvalue weighted by atomic mass is 32.1. The van der Waals surface area contributed by atoms with Crippen LogP contribution in [0, 0.1) is 12.7 Å². The quantitative estimate of drug-likeness (QED) is 0.623. The summed E-state index contributed by atoms with van der Waals surface area (Å²) in [6.07, 6.45) is 3.62. The van der Waals surface area contributed by atoms with Crippen molar-refractivity contribution in [2.24, 2.45) is 0 Å². The number of carbonyl (C=O) groups excluding carboxylic acids is 1. The number of carbonyl (C=O) groups is 1. The molecule has 1 fully saturated rings. The Balaban J connectivity index is 1.68. The number of pyridine rings is 1. The molecule has 0 aliphatic heterocycles. The van der Waals surface area contributed by atoms with E-state index in [1.165, 1.54) is 17.4 Å². The molecule has 6 heteroatoms. The zero-order valence-corrected chi connectivity index (χ0v) is 16.0. The number of aryl methyl sites for hydroxylation is 1. The van der Waals surface area contributed by atoms with Crippen LogP contribution in [0.3, 0.4) is 0 Å². The predicted octanol–water partition coefficient (Wildman–Crippen LogP) is 5.02. The summed E-state index contributed by atoms with van der Waals surface area (Å²) in [5.74, 6) is -0.357. The lowest BCUT2D eigenvalue weighted by atomic mass is 10.1. The average Bonchev–Trinajstić information content (AvgIpc) is 3.43. The van der Waals surface area contributed by atoms with Gasteiger partial charge in [-0.1, -0.05) is 24.3 Å². The minimum atomic E-state index is -0.328. The number of benzene rings is 1. The van der Waals surface area contributed by atoms with E-state index in [0.29, 0.717) is 16.1 Å². The molecule has 1 saturated carbocycles. The zero-order chi connectivity index (χ0) is 19.0. The van der Waals surface area contributed by atoms with Gasteiger partial charge in [0.15, 0.2) is 0 Å². The van der Waals surface area contributed by atoms with E-state index >= 15 is 0 Å². The first-order chi connectivity index (χ1) is 13.1. The summed E-state index contributed by atoms with van der Waals surface area (Å²) in [4.78, 5) is 24.7. The molecule has 1 aliphatic carbocycles. The minimum absolute atomic E-state index is 0.0783. The first-order valence-corrected chi connectivity index (χ1v) is 9.84. The zero-order valence-electron chi connectivity index (χ0n) is 15.2. The second-order valence-electron chi connectivity index (χ2n) is 6.79. The van der Waals surface area contributed by atoms with E-state index in [1.54, 1.807) is 18.3 Å². The van der Waals surface area contributed by atoms with E-state index in [1.807, 2.05) is 43.0 Å². The summed E-state index contributed by atoms with van der Waals surface area (Å²) in [6.45, 7) is 3.74. The second-order valence-corrected chi connectivity index (χ2v) is 7.79. The molecule has 138 valence electrons. The van der Waals surface area contributed by atoms with Gasteiger partial charge in [-0.05, 0) is 44.9 Å². The molecule has 0 bridgehead atoms. The molecule has 0 saturated heterocycles. The lowest BCUT2D eigenvalue weighted by Crippen LogP contribution is -2.35. The molecule has 1 aliphatic rings. The molecule has 1 unspecified atom stereocenters. The Kier molecular flexibility index (Phi) is 4.74. The molecule has 4 nitrogen and oxygen atoms in total. The third-order valence-electron chi connectivity index (χ3n) is 4.82. The van der Waals surface area contributed by atoms with Crippen molar-refractivity contribution in [2.75, 3.05) is 0 Å². The van der Waals surface area contributed by atoms with Crippen molar-refractivity contribution in [3.8, 4) is 10.7 Å². The van der Waals surface area contributed by atoms with Crippen molar-refractivity contribution >= 4 is 17.2 Å². The first kappa shape index (κ1) is 17.8. The van der Waals surface area contributed by atoms with Crippen molar-refractivity contribution in [3.63, 3.8) is 0 Å². The van der Waals surface area contributed by atoms with Crippen LogP contribution in [0.5, 0.6) is 0 Å². The summed E-state index contributed by atoms with van der Waals surface area (Å²) in [6, 6.07) is 12.1. The maximum Gasteiger partial charge on any atom is 0.266 e. The summed E-state index contributed by atoms with van der Waals surface area (Å²) in [7, 11) is 0. The molecule has 3 aromatic rings. The Labute approximate surface area is 161 Å². The fourth-order valence-corrected chi connectivity index (χ4v) is 4.27. The minimum Gasteiger partial charge on any atom is -0.328 e. The van der Waals surface area contributed by atoms with Crippen molar-refractivity contribution in [1.82, 2.24) is 14.9 Å². The van der Waals surface area contributed by atoms with Gasteiger partial charge in [0.05, 0.1) is 17.4 Å². The molecule has 1 atom stereocenters. The number of halogens is 1. The van der Waals surface area contributed by atoms with Gasteiger partial charge in [-0.15, -0.1) is 11.3 Å². The monoisotopic (exact) mass is 381 g/mol. The van der Waals surface area contributed by atoms with Crippen LogP contribution in [0.1, 0.15) is 46.7 Å². The van der Waals surface area contributed by atoms with Gasteiger partial charge in [0.1, 0.15) is 15.7 Å². The molecular weight excluding hydrogens is 361 g/mol. The highest BCUT2D eigenvalue weighted by molar-refractivity contribution is 7.17. The Morgan fingerprint density at radius 2 is 1.96 bits per heavy atom. The van der Waals surface area contributed by atoms with E-state index in [2.05, 4.69) is 9.97 Å². The first-order valence-electron chi connectivity index (χ1n) is 9.02. The number of rotatable bonds is 5. The number of hydrogen-bond acceptors (Lipinski definition) is 4. The van der Waals surface area contributed by atoms with Crippen molar-refractivity contribution in [2.45, 2.75) is 38.8 Å². The van der Waals surface area contributed by atoms with Gasteiger partial charge in [-0.2, -0.15) is 0 Å². The lowest BCUT2D eigenvalue weighted by Gasteiger charge is -2.29. The molecule has 2 heterocycles. The highest BCUT2D eigenvalue weighted by Gasteiger charge is 2.38. The maximum atomic E-state index is 14.3. The Morgan fingerprint density at radius 1 is 1.22 bits per heavy atom. The standard InChI is InChI=1S/C21H20FN3OS/c1-13-19(27-20(24-13)18-9-5-6-12-23-18)21(26)25(15-10-11-15)14(2)16-7-3-4-8-17(16)22/h3-9,12,14-15H,10-11H2,1-2H3. The van der Waals surface area contributed by atoms with Crippen LogP contribution in [-0.2, 0) is 0 Å². The largest absolute Gasteiger partial charge is 0.328 e. The van der Waals surface area contributed by atoms with Gasteiger partial charge in [0.2, 0.25) is 0 Å². The second kappa shape index (κ2) is 7.19. The smallest absolute Gasteiger partial charge is 0.266 e. The SMILES string of the molecule is Cc1nc(-c2ccccn2)sc1C(=O)N(C1CC1)C(C)c1ccccc1F. The molecule has 1 amide bonds. The van der Waals surface area contributed by atoms with Gasteiger partial charge in [0, 0.05) is 17.8 Å². The van der Waals surface area contributed by atoms with Crippen LogP contribution >= 0.6 is 11.3 Å². The number of thiazole rings is 1. The molecule has 27 heavy (non-hydrogen) atoms. The Hall–Kier alpha value is -2.60. The summed E-state index contributed by atoms with van der Waals surface area (Å²) in [5, 5.41) is 0.728. The molecule has 2 aromatic heterocycles. The molecule has 0 radical (unpaired) electrons. The predicted molar refractivity (Wildman–Crippen MR) is 104 cm³/mol. The molecule has 1 aromatic carbocycles. The van der Waals surface area contributed by atoms with E-state index in [9.17, 15) is 9.18 Å². The van der Waals surface area contributed by atoms with Crippen LogP contribution in [0.4, 0.5) is 4.39 Å². The summed E-state index contributed by atoms with van der Waals surface area (Å²) < 4.78 is 14.3. The van der Waals surface area contributed by atoms with Gasteiger partial charge in [0.25, 0.3) is 5.91 Å². The fraction of sp³-hybridized carbons (Fsp3) is 0.286. The van der Waals surface area contributed by atoms with Crippen molar-refractivity contribution in [3.05, 3.63) is 70.6 Å². The molecule has 0 N–H and O–H groups in total. The normalized spacial score (nSPS) is 14.8. The van der Waals surface area contributed by atoms with Crippen LogP contribution in [-0.4, -0.2) is 26.8 Å². The van der Waals surface area contributed by atoms with Crippen LogP contribution in [0.2, 0.25) is 0 Å². The van der Waals surface area contributed by atoms with E-state index < -0.39 is 0 Å². The van der Waals surface area contributed by atoms with Gasteiger partial charge >= 0.3 is 0 Å². The topological polar surface area (TPSA) is 46.1 Å². The van der Waals surface area contributed by atoms with Crippen molar-refractivity contribution < 1.29 is 9.18 Å². The number of aromatic nitrogens is 2. The van der Waals surface area contributed by atoms with E-state index in [4.69, 9.17) is 0 Å². The number of amides is 1. The maximum absolute atomic E-state index is 14.3. The summed E-state index contributed by atoms with van der Waals surface area (Å²) >= 11 is 1.35.